The van der Waals surface area contributed by atoms with E-state index in [1.807, 2.05) is 30.4 Å². The highest BCUT2D eigenvalue weighted by atomic mass is 32.2. The summed E-state index contributed by atoms with van der Waals surface area (Å²) < 4.78 is 51.5. The van der Waals surface area contributed by atoms with Crippen LogP contribution in [0.5, 0.6) is 17.4 Å². The number of esters is 1. The van der Waals surface area contributed by atoms with E-state index in [1.165, 1.54) is 12.0 Å². The molecule has 14 heteroatoms. The third-order valence-electron chi connectivity index (χ3n) is 11.4. The monoisotopic (exact) mass is 763 g/mol. The first kappa shape index (κ1) is 37.8. The van der Waals surface area contributed by atoms with Gasteiger partial charge in [0.25, 0.3) is 0 Å². The van der Waals surface area contributed by atoms with Gasteiger partial charge in [0, 0.05) is 41.8 Å². The van der Waals surface area contributed by atoms with E-state index in [-0.39, 0.29) is 50.0 Å². The number of rotatable bonds is 5. The number of allylic oxidation sites excluding steroid dienone is 3. The van der Waals surface area contributed by atoms with Crippen molar-refractivity contribution in [3.05, 3.63) is 42.0 Å². The number of benzene rings is 1. The van der Waals surface area contributed by atoms with Gasteiger partial charge in [-0.1, -0.05) is 37.1 Å². The molecule has 5 aliphatic rings. The predicted molar refractivity (Wildman–Crippen MR) is 199 cm³/mol. The predicted octanol–water partition coefficient (Wildman–Crippen LogP) is 5.05. The Morgan fingerprint density at radius 3 is 2.59 bits per heavy atom. The van der Waals surface area contributed by atoms with E-state index in [1.54, 1.807) is 19.2 Å². The minimum atomic E-state index is -3.85. The molecule has 0 unspecified atom stereocenters. The van der Waals surface area contributed by atoms with Crippen molar-refractivity contribution in [2.24, 2.45) is 17.3 Å². The highest BCUT2D eigenvalue weighted by Gasteiger charge is 2.61. The lowest BCUT2D eigenvalue weighted by Gasteiger charge is -2.29. The van der Waals surface area contributed by atoms with Gasteiger partial charge >= 0.3 is 5.97 Å². The molecular formula is C40H49N3O10S. The van der Waals surface area contributed by atoms with Gasteiger partial charge in [0.15, 0.2) is 5.78 Å². The van der Waals surface area contributed by atoms with Gasteiger partial charge < -0.3 is 23.8 Å². The molecule has 2 aliphatic carbocycles. The Labute approximate surface area is 315 Å². The number of pyridine rings is 1. The Morgan fingerprint density at radius 1 is 1.00 bits per heavy atom. The van der Waals surface area contributed by atoms with E-state index < -0.39 is 50.6 Å². The maximum Gasteiger partial charge on any atom is 0.306 e. The molecule has 1 N–H and O–H groups in total. The van der Waals surface area contributed by atoms with Crippen LogP contribution in [0.3, 0.4) is 0 Å². The average Bonchev–Trinajstić information content (AvgIpc) is 4.08. The summed E-state index contributed by atoms with van der Waals surface area (Å²) in [6.07, 6.45) is 13.1. The summed E-state index contributed by atoms with van der Waals surface area (Å²) in [4.78, 5) is 62.2. The highest BCUT2D eigenvalue weighted by Crippen LogP contribution is 2.57. The number of nitrogens with one attached hydrogen (secondary N) is 1. The third kappa shape index (κ3) is 8.13. The minimum absolute atomic E-state index is 0.0639. The Morgan fingerprint density at radius 2 is 1.81 bits per heavy atom. The molecule has 3 fully saturated rings. The maximum atomic E-state index is 14.6. The van der Waals surface area contributed by atoms with E-state index >= 15 is 0 Å². The van der Waals surface area contributed by atoms with Gasteiger partial charge in [-0.25, -0.2) is 13.4 Å². The summed E-state index contributed by atoms with van der Waals surface area (Å²) in [6, 6.07) is 4.43. The molecule has 0 radical (unpaired) electrons. The van der Waals surface area contributed by atoms with Crippen LogP contribution in [0.25, 0.3) is 17.0 Å². The first-order chi connectivity index (χ1) is 26.0. The number of nitrogens with zero attached hydrogens (tertiary/aromatic N) is 2. The summed E-state index contributed by atoms with van der Waals surface area (Å²) in [7, 11) is -0.761. The molecule has 5 atom stereocenters. The molecule has 54 heavy (non-hydrogen) atoms. The number of fused-ring (bicyclic) bond motifs is 4. The standard InChI is InChI=1S/C40H49N3O10S/c1-50-34-20-31-30-17-25(34)11-8-6-10-16-52-37(45)18-26-12-7-4-3-5-9-13-27-22-40(27,39(47)42-54(48,49)29-14-15-29)23-33(44)32-19-28(24-43(32)38(26)46)53-35(30)21-36(41-31)51-2/h8-9,11,13,17,20-21,26-29,32H,3-7,10,12,14-16,18-19,22-24H2,1-2H3,(H,42,47)/b11-8+,13-9-/t26-,27+,28-,32+,40-/m1/s1. The first-order valence-corrected chi connectivity index (χ1v) is 20.7. The van der Waals surface area contributed by atoms with Crippen LogP contribution in [-0.4, -0.2) is 86.6 Å². The van der Waals surface area contributed by atoms with Crippen molar-refractivity contribution in [2.75, 3.05) is 27.4 Å². The van der Waals surface area contributed by atoms with Crippen LogP contribution < -0.4 is 18.9 Å². The van der Waals surface area contributed by atoms with Crippen molar-refractivity contribution in [3.63, 3.8) is 0 Å². The minimum Gasteiger partial charge on any atom is -0.496 e. The summed E-state index contributed by atoms with van der Waals surface area (Å²) in [5, 5.41) is 0.0916. The van der Waals surface area contributed by atoms with E-state index in [0.717, 1.165) is 24.8 Å². The molecule has 13 nitrogen and oxygen atoms in total. The number of Topliss-reactive ketones (excluding diaryl/α,β-unsaturated/α-hetero) is 1. The molecule has 290 valence electrons. The molecule has 2 amide bonds. The Bertz CT molecular complexity index is 1970. The summed E-state index contributed by atoms with van der Waals surface area (Å²) in [5.74, 6) is -1.47. The second-order valence-electron chi connectivity index (χ2n) is 15.3. The Hall–Kier alpha value is -4.46. The van der Waals surface area contributed by atoms with Crippen LogP contribution in [0.2, 0.25) is 0 Å². The van der Waals surface area contributed by atoms with Gasteiger partial charge in [0.1, 0.15) is 17.6 Å². The van der Waals surface area contributed by atoms with Gasteiger partial charge in [-0.2, -0.15) is 0 Å². The molecule has 3 aliphatic heterocycles. The molecule has 1 aromatic carbocycles. The second kappa shape index (κ2) is 15.7. The molecule has 0 spiro atoms. The lowest BCUT2D eigenvalue weighted by Crippen LogP contribution is -2.46. The van der Waals surface area contributed by atoms with Crippen molar-refractivity contribution in [3.8, 4) is 17.4 Å². The Balaban J connectivity index is 1.26. The first-order valence-electron chi connectivity index (χ1n) is 19.1. The zero-order valence-electron chi connectivity index (χ0n) is 30.9. The summed E-state index contributed by atoms with van der Waals surface area (Å²) in [5.41, 5.74) is 0.116. The average molecular weight is 764 g/mol. The molecule has 2 aromatic rings. The maximum absolute atomic E-state index is 14.6. The van der Waals surface area contributed by atoms with Crippen LogP contribution in [-0.2, 0) is 33.9 Å². The normalized spacial score (nSPS) is 29.4. The van der Waals surface area contributed by atoms with Crippen LogP contribution in [0.4, 0.5) is 0 Å². The molecule has 2 saturated carbocycles. The van der Waals surface area contributed by atoms with Crippen molar-refractivity contribution in [1.29, 1.82) is 0 Å². The lowest BCUT2D eigenvalue weighted by molar-refractivity contribution is -0.150. The van der Waals surface area contributed by atoms with Gasteiger partial charge in [0.2, 0.25) is 27.7 Å². The van der Waals surface area contributed by atoms with Crippen LogP contribution in [0.15, 0.2) is 36.4 Å². The number of carbonyl (C=O) groups excluding carboxylic acids is 4. The van der Waals surface area contributed by atoms with Gasteiger partial charge in [0.05, 0.1) is 56.0 Å². The molecule has 1 aromatic heterocycles. The van der Waals surface area contributed by atoms with Gasteiger partial charge in [-0.15, -0.1) is 0 Å². The zero-order valence-corrected chi connectivity index (χ0v) is 31.7. The van der Waals surface area contributed by atoms with E-state index in [0.29, 0.717) is 73.2 Å². The largest absolute Gasteiger partial charge is 0.496 e. The number of ether oxygens (including phenoxy) is 4. The number of carbonyl (C=O) groups is 4. The van der Waals surface area contributed by atoms with E-state index in [2.05, 4.69) is 9.71 Å². The summed E-state index contributed by atoms with van der Waals surface area (Å²) in [6.45, 7) is 0.260. The van der Waals surface area contributed by atoms with Crippen molar-refractivity contribution >= 4 is 50.6 Å². The number of ketones is 1. The van der Waals surface area contributed by atoms with E-state index in [9.17, 15) is 27.6 Å². The number of hydrogen-bond donors (Lipinski definition) is 1. The number of aromatic nitrogens is 1. The highest BCUT2D eigenvalue weighted by molar-refractivity contribution is 7.90. The fourth-order valence-corrected chi connectivity index (χ4v) is 9.47. The van der Waals surface area contributed by atoms with Crippen LogP contribution in [0.1, 0.15) is 89.0 Å². The lowest BCUT2D eigenvalue weighted by atomic mass is 9.90. The van der Waals surface area contributed by atoms with Crippen molar-refractivity contribution in [2.45, 2.75) is 101 Å². The smallest absolute Gasteiger partial charge is 0.306 e. The van der Waals surface area contributed by atoms with Crippen molar-refractivity contribution in [1.82, 2.24) is 14.6 Å². The number of amides is 2. The number of hydrogen-bond acceptors (Lipinski definition) is 11. The second-order valence-corrected chi connectivity index (χ2v) is 17.2. The molecule has 1 saturated heterocycles. The SMILES string of the molecule is COc1cc2c3cc(c(OC)cc3n1)/C=C/CCCOC(=O)C[C@H]1CCCCC/C=C\[C@H]3C[C@@]3(C(=O)NS(=O)(=O)C3CC3)CC(=O)[C@@H]3C[C@H](CN3C1=O)O2. The molecule has 7 rings (SSSR count). The number of sulfonamides is 1. The summed E-state index contributed by atoms with van der Waals surface area (Å²) >= 11 is 0. The fourth-order valence-electron chi connectivity index (χ4n) is 8.08. The molecule has 4 heterocycles. The zero-order chi connectivity index (χ0) is 38.0. The molecular weight excluding hydrogens is 715 g/mol. The third-order valence-corrected chi connectivity index (χ3v) is 13.2. The number of cyclic esters (lactones) is 1. The van der Waals surface area contributed by atoms with E-state index in [4.69, 9.17) is 18.9 Å². The quantitative estimate of drug-likeness (QED) is 0.320. The fraction of sp³-hybridized carbons (Fsp3) is 0.575. The van der Waals surface area contributed by atoms with Crippen LogP contribution >= 0.6 is 0 Å². The van der Waals surface area contributed by atoms with Gasteiger partial charge in [-0.3, -0.25) is 23.9 Å². The Kier molecular flexibility index (Phi) is 11.0. The van der Waals surface area contributed by atoms with Crippen molar-refractivity contribution < 1.29 is 46.5 Å². The molecule has 5 bridgehead atoms. The van der Waals surface area contributed by atoms with Crippen LogP contribution in [0, 0.1) is 17.3 Å². The number of methoxy groups -OCH3 is 2. The topological polar surface area (TPSA) is 167 Å². The van der Waals surface area contributed by atoms with Gasteiger partial charge in [-0.05, 0) is 63.4 Å².